The molecule has 3 N–H and O–H groups in total. The monoisotopic (exact) mass is 384 g/mol. The highest BCUT2D eigenvalue weighted by Crippen LogP contribution is 2.22. The Balaban J connectivity index is 2.98. The number of carboxylic acid groups (broad SMARTS) is 1. The molecule has 1 atom stereocenters. The van der Waals surface area contributed by atoms with Crippen LogP contribution in [0.2, 0.25) is 5.02 Å². The van der Waals surface area contributed by atoms with Crippen LogP contribution in [0.15, 0.2) is 18.2 Å². The Hall–Kier alpha value is -2.12. The summed E-state index contributed by atoms with van der Waals surface area (Å²) in [6, 6.07) is 4.57. The van der Waals surface area contributed by atoms with Gasteiger partial charge in [-0.1, -0.05) is 25.4 Å². The van der Waals surface area contributed by atoms with Crippen molar-refractivity contribution < 1.29 is 24.2 Å². The van der Waals surface area contributed by atoms with Gasteiger partial charge in [0.15, 0.2) is 0 Å². The van der Waals surface area contributed by atoms with E-state index in [2.05, 4.69) is 10.6 Å². The molecule has 0 saturated heterocycles. The highest BCUT2D eigenvalue weighted by molar-refractivity contribution is 6.34. The fourth-order valence-corrected chi connectivity index (χ4v) is 2.69. The van der Waals surface area contributed by atoms with Gasteiger partial charge in [0, 0.05) is 19.2 Å². The maximum absolute atomic E-state index is 12.6. The second-order valence-electron chi connectivity index (χ2n) is 6.86. The zero-order valence-corrected chi connectivity index (χ0v) is 16.1. The van der Waals surface area contributed by atoms with E-state index < -0.39 is 17.4 Å². The number of methoxy groups -OCH3 is 1. The summed E-state index contributed by atoms with van der Waals surface area (Å²) >= 11 is 6.10. The second kappa shape index (κ2) is 9.54. The number of nitrogens with one attached hydrogen (secondary N) is 2. The highest BCUT2D eigenvalue weighted by Gasteiger charge is 2.30. The van der Waals surface area contributed by atoms with Gasteiger partial charge < -0.3 is 20.5 Å². The number of aliphatic carboxylic acids is 1. The normalized spacial score (nSPS) is 13.2. The molecule has 0 fully saturated rings. The fourth-order valence-electron chi connectivity index (χ4n) is 2.48. The number of carboxylic acids is 1. The van der Waals surface area contributed by atoms with Crippen LogP contribution in [0.1, 0.15) is 44.0 Å². The molecule has 0 aliphatic rings. The molecule has 1 aromatic rings. The molecule has 0 spiro atoms. The van der Waals surface area contributed by atoms with Gasteiger partial charge in [0.05, 0.1) is 29.2 Å². The van der Waals surface area contributed by atoms with Crippen LogP contribution in [0.25, 0.3) is 0 Å². The van der Waals surface area contributed by atoms with E-state index in [9.17, 15) is 14.4 Å². The van der Waals surface area contributed by atoms with E-state index in [0.29, 0.717) is 12.1 Å². The van der Waals surface area contributed by atoms with Crippen molar-refractivity contribution in [2.24, 2.45) is 5.92 Å². The van der Waals surface area contributed by atoms with Crippen LogP contribution in [-0.4, -0.2) is 42.1 Å². The summed E-state index contributed by atoms with van der Waals surface area (Å²) in [6.45, 7) is 5.46. The smallest absolute Gasteiger partial charge is 0.305 e. The number of carbonyl (C=O) groups excluding carboxylic acids is 2. The minimum Gasteiger partial charge on any atom is -0.481 e. The first-order valence-corrected chi connectivity index (χ1v) is 8.57. The number of hydrogen-bond donors (Lipinski definition) is 3. The molecular weight excluding hydrogens is 360 g/mol. The van der Waals surface area contributed by atoms with Crippen molar-refractivity contribution >= 4 is 35.1 Å². The summed E-state index contributed by atoms with van der Waals surface area (Å²) in [6.07, 6.45) is 0.0453. The molecule has 1 unspecified atom stereocenters. The van der Waals surface area contributed by atoms with Crippen LogP contribution in [0.4, 0.5) is 5.69 Å². The number of carbonyl (C=O) groups is 3. The number of benzene rings is 1. The maximum atomic E-state index is 12.6. The topological polar surface area (TPSA) is 105 Å². The van der Waals surface area contributed by atoms with Gasteiger partial charge in [-0.3, -0.25) is 14.4 Å². The van der Waals surface area contributed by atoms with Crippen LogP contribution in [0.3, 0.4) is 0 Å². The molecule has 1 rings (SSSR count). The lowest BCUT2D eigenvalue weighted by Crippen LogP contribution is -2.50. The predicted molar refractivity (Wildman–Crippen MR) is 99.5 cm³/mol. The number of amides is 2. The number of hydrogen-bond acceptors (Lipinski definition) is 4. The maximum Gasteiger partial charge on any atom is 0.305 e. The third-order valence-corrected chi connectivity index (χ3v) is 3.84. The van der Waals surface area contributed by atoms with Crippen molar-refractivity contribution in [3.63, 3.8) is 0 Å². The molecule has 0 radical (unpaired) electrons. The van der Waals surface area contributed by atoms with E-state index in [1.807, 2.05) is 13.8 Å². The molecule has 144 valence electrons. The summed E-state index contributed by atoms with van der Waals surface area (Å²) in [5.41, 5.74) is -0.517. The van der Waals surface area contributed by atoms with Crippen LogP contribution < -0.4 is 10.6 Å². The third kappa shape index (κ3) is 7.01. The van der Waals surface area contributed by atoms with Crippen LogP contribution in [0.5, 0.6) is 0 Å². The summed E-state index contributed by atoms with van der Waals surface area (Å²) in [5, 5.41) is 14.6. The summed E-state index contributed by atoms with van der Waals surface area (Å²) in [5.74, 6) is -1.57. The lowest BCUT2D eigenvalue weighted by atomic mass is 9.98. The van der Waals surface area contributed by atoms with E-state index in [4.69, 9.17) is 21.4 Å². The Morgan fingerprint density at radius 1 is 1.31 bits per heavy atom. The molecule has 0 aliphatic carbocycles. The van der Waals surface area contributed by atoms with Gasteiger partial charge in [-0.2, -0.15) is 0 Å². The molecule has 0 aromatic heterocycles. The highest BCUT2D eigenvalue weighted by atomic mass is 35.5. The first-order valence-electron chi connectivity index (χ1n) is 8.19. The molecule has 0 bridgehead atoms. The molecular formula is C18H25ClN2O5. The Morgan fingerprint density at radius 3 is 2.50 bits per heavy atom. The Bertz CT molecular complexity index is 678. The van der Waals surface area contributed by atoms with Gasteiger partial charge in [-0.15, -0.1) is 0 Å². The standard InChI is InChI=1S/C18H25ClN2O5/c1-11(2)7-15(22)20-12-5-6-14(19)13(8-12)17(25)21-18(3,10-26-4)9-16(23)24/h5-6,8,11H,7,9-10H2,1-4H3,(H,20,22)(H,21,25)(H,23,24). The van der Waals surface area contributed by atoms with Gasteiger partial charge in [0.2, 0.25) is 5.91 Å². The Kier molecular flexibility index (Phi) is 8.05. The van der Waals surface area contributed by atoms with Crippen LogP contribution in [-0.2, 0) is 14.3 Å². The molecule has 7 nitrogen and oxygen atoms in total. The first-order chi connectivity index (χ1) is 12.1. The van der Waals surface area contributed by atoms with Crippen molar-refractivity contribution in [1.82, 2.24) is 5.32 Å². The van der Waals surface area contributed by atoms with Gasteiger partial charge in [0.25, 0.3) is 5.91 Å². The van der Waals surface area contributed by atoms with Gasteiger partial charge in [-0.05, 0) is 31.0 Å². The number of ether oxygens (including phenoxy) is 1. The molecule has 0 aliphatic heterocycles. The lowest BCUT2D eigenvalue weighted by Gasteiger charge is -2.28. The molecule has 2 amide bonds. The average Bonchev–Trinajstić information content (AvgIpc) is 2.47. The summed E-state index contributed by atoms with van der Waals surface area (Å²) < 4.78 is 5.02. The zero-order chi connectivity index (χ0) is 19.9. The number of anilines is 1. The quantitative estimate of drug-likeness (QED) is 0.607. The summed E-state index contributed by atoms with van der Waals surface area (Å²) in [7, 11) is 1.42. The number of halogens is 1. The van der Waals surface area contributed by atoms with Crippen molar-refractivity contribution in [3.05, 3.63) is 28.8 Å². The molecule has 0 heterocycles. The van der Waals surface area contributed by atoms with Crippen molar-refractivity contribution in [1.29, 1.82) is 0 Å². The minimum atomic E-state index is -1.10. The van der Waals surface area contributed by atoms with Gasteiger partial charge >= 0.3 is 5.97 Å². The summed E-state index contributed by atoms with van der Waals surface area (Å²) in [4.78, 5) is 35.6. The average molecular weight is 385 g/mol. The molecule has 8 heteroatoms. The van der Waals surface area contributed by atoms with Crippen LogP contribution >= 0.6 is 11.6 Å². The Labute approximate surface area is 158 Å². The van der Waals surface area contributed by atoms with Crippen LogP contribution in [0, 0.1) is 5.92 Å². The Morgan fingerprint density at radius 2 is 1.96 bits per heavy atom. The zero-order valence-electron chi connectivity index (χ0n) is 15.4. The van der Waals surface area contributed by atoms with E-state index in [1.54, 1.807) is 13.0 Å². The van der Waals surface area contributed by atoms with Crippen molar-refractivity contribution in [2.75, 3.05) is 19.0 Å². The SMILES string of the molecule is COCC(C)(CC(=O)O)NC(=O)c1cc(NC(=O)CC(C)C)ccc1Cl. The predicted octanol–water partition coefficient (Wildman–Crippen LogP) is 2.93. The minimum absolute atomic E-state index is 0.0213. The second-order valence-corrected chi connectivity index (χ2v) is 7.27. The molecule has 0 saturated carbocycles. The van der Waals surface area contributed by atoms with E-state index in [1.165, 1.54) is 19.2 Å². The van der Waals surface area contributed by atoms with Gasteiger partial charge in [-0.25, -0.2) is 0 Å². The lowest BCUT2D eigenvalue weighted by molar-refractivity contribution is -0.139. The van der Waals surface area contributed by atoms with E-state index >= 15 is 0 Å². The first kappa shape index (κ1) is 21.9. The van der Waals surface area contributed by atoms with E-state index in [-0.39, 0.29) is 35.4 Å². The molecule has 1 aromatic carbocycles. The van der Waals surface area contributed by atoms with E-state index in [0.717, 1.165) is 0 Å². The van der Waals surface area contributed by atoms with Gasteiger partial charge in [0.1, 0.15) is 0 Å². The van der Waals surface area contributed by atoms with Crippen molar-refractivity contribution in [2.45, 2.75) is 39.2 Å². The van der Waals surface area contributed by atoms with Crippen molar-refractivity contribution in [3.8, 4) is 0 Å². The molecule has 26 heavy (non-hydrogen) atoms. The fraction of sp³-hybridized carbons (Fsp3) is 0.500. The third-order valence-electron chi connectivity index (χ3n) is 3.51. The number of rotatable bonds is 9. The largest absolute Gasteiger partial charge is 0.481 e.